The van der Waals surface area contributed by atoms with Crippen LogP contribution in [0.25, 0.3) is 0 Å². The number of hydrogen-bond acceptors (Lipinski definition) is 4. The molecule has 2 amide bonds. The van der Waals surface area contributed by atoms with E-state index in [4.69, 9.17) is 0 Å². The van der Waals surface area contributed by atoms with Crippen LogP contribution in [0.2, 0.25) is 0 Å². The maximum Gasteiger partial charge on any atom is 0.257 e. The molecular weight excluding hydrogens is 370 g/mol. The molecule has 0 atom stereocenters. The SMILES string of the molecule is CCN(CCc1ccccc1)C(=O)Cc1csc(NC(=O)c2ccccc2)n1. The molecule has 5 nitrogen and oxygen atoms in total. The first-order valence-electron chi connectivity index (χ1n) is 9.28. The molecule has 0 bridgehead atoms. The Kier molecular flexibility index (Phi) is 6.92. The molecule has 144 valence electrons. The predicted molar refractivity (Wildman–Crippen MR) is 113 cm³/mol. The number of amides is 2. The molecule has 0 aliphatic rings. The summed E-state index contributed by atoms with van der Waals surface area (Å²) in [6.07, 6.45) is 1.07. The second-order valence-corrected chi connectivity index (χ2v) is 7.21. The number of nitrogens with one attached hydrogen (secondary N) is 1. The highest BCUT2D eigenvalue weighted by Crippen LogP contribution is 2.17. The van der Waals surface area contributed by atoms with Crippen LogP contribution in [0.4, 0.5) is 5.13 Å². The first-order chi connectivity index (χ1) is 13.7. The molecule has 28 heavy (non-hydrogen) atoms. The van der Waals surface area contributed by atoms with E-state index in [1.165, 1.54) is 16.9 Å². The molecule has 0 radical (unpaired) electrons. The van der Waals surface area contributed by atoms with Gasteiger partial charge in [-0.3, -0.25) is 14.9 Å². The van der Waals surface area contributed by atoms with E-state index >= 15 is 0 Å². The second kappa shape index (κ2) is 9.80. The van der Waals surface area contributed by atoms with Crippen molar-refractivity contribution in [3.63, 3.8) is 0 Å². The molecule has 3 aromatic rings. The van der Waals surface area contributed by atoms with E-state index in [1.807, 2.05) is 53.6 Å². The van der Waals surface area contributed by atoms with E-state index in [-0.39, 0.29) is 18.2 Å². The zero-order valence-electron chi connectivity index (χ0n) is 15.8. The molecule has 0 unspecified atom stereocenters. The Balaban J connectivity index is 1.54. The van der Waals surface area contributed by atoms with E-state index in [0.717, 1.165) is 6.42 Å². The topological polar surface area (TPSA) is 62.3 Å². The van der Waals surface area contributed by atoms with Crippen LogP contribution in [0.5, 0.6) is 0 Å². The summed E-state index contributed by atoms with van der Waals surface area (Å²) in [6, 6.07) is 19.1. The average Bonchev–Trinajstić information content (AvgIpc) is 3.16. The first kappa shape index (κ1) is 19.8. The van der Waals surface area contributed by atoms with Crippen LogP contribution in [0, 0.1) is 0 Å². The van der Waals surface area contributed by atoms with Crippen molar-refractivity contribution in [1.29, 1.82) is 0 Å². The number of nitrogens with zero attached hydrogens (tertiary/aromatic N) is 2. The van der Waals surface area contributed by atoms with Crippen molar-refractivity contribution in [2.75, 3.05) is 18.4 Å². The molecular formula is C22H23N3O2S. The lowest BCUT2D eigenvalue weighted by Gasteiger charge is -2.20. The summed E-state index contributed by atoms with van der Waals surface area (Å²) in [5.74, 6) is -0.157. The Morgan fingerprint density at radius 3 is 2.39 bits per heavy atom. The average molecular weight is 394 g/mol. The smallest absolute Gasteiger partial charge is 0.257 e. The quantitative estimate of drug-likeness (QED) is 0.628. The normalized spacial score (nSPS) is 10.5. The van der Waals surface area contributed by atoms with Crippen molar-refractivity contribution in [2.45, 2.75) is 19.8 Å². The molecule has 1 N–H and O–H groups in total. The monoisotopic (exact) mass is 393 g/mol. The fourth-order valence-corrected chi connectivity index (χ4v) is 3.54. The maximum absolute atomic E-state index is 12.6. The molecule has 3 rings (SSSR count). The summed E-state index contributed by atoms with van der Waals surface area (Å²) in [5.41, 5.74) is 2.47. The third-order valence-electron chi connectivity index (χ3n) is 4.39. The molecule has 0 aliphatic heterocycles. The number of hydrogen-bond donors (Lipinski definition) is 1. The van der Waals surface area contributed by atoms with E-state index in [9.17, 15) is 9.59 Å². The minimum absolute atomic E-state index is 0.0460. The number of benzene rings is 2. The minimum Gasteiger partial charge on any atom is -0.342 e. The van der Waals surface area contributed by atoms with Crippen molar-refractivity contribution in [3.05, 3.63) is 82.9 Å². The van der Waals surface area contributed by atoms with E-state index in [2.05, 4.69) is 22.4 Å². The van der Waals surface area contributed by atoms with Gasteiger partial charge in [0, 0.05) is 24.0 Å². The van der Waals surface area contributed by atoms with Gasteiger partial charge in [0.2, 0.25) is 5.91 Å². The first-order valence-corrected chi connectivity index (χ1v) is 10.2. The van der Waals surface area contributed by atoms with Gasteiger partial charge in [0.25, 0.3) is 5.91 Å². The predicted octanol–water partition coefficient (Wildman–Crippen LogP) is 4.03. The van der Waals surface area contributed by atoms with E-state index in [1.54, 1.807) is 12.1 Å². The lowest BCUT2D eigenvalue weighted by molar-refractivity contribution is -0.130. The molecule has 6 heteroatoms. The number of likely N-dealkylation sites (N-methyl/N-ethyl adjacent to an activating group) is 1. The molecule has 1 heterocycles. The zero-order chi connectivity index (χ0) is 19.8. The number of carbonyl (C=O) groups is 2. The molecule has 0 fully saturated rings. The van der Waals surface area contributed by atoms with Gasteiger partial charge < -0.3 is 4.90 Å². The van der Waals surface area contributed by atoms with E-state index in [0.29, 0.717) is 29.5 Å². The molecule has 1 aromatic heterocycles. The summed E-state index contributed by atoms with van der Waals surface area (Å²) in [5, 5.41) is 5.11. The third kappa shape index (κ3) is 5.50. The fourth-order valence-electron chi connectivity index (χ4n) is 2.84. The van der Waals surface area contributed by atoms with Gasteiger partial charge in [0.05, 0.1) is 12.1 Å². The summed E-state index contributed by atoms with van der Waals surface area (Å²) < 4.78 is 0. The van der Waals surface area contributed by atoms with Crippen LogP contribution in [0.1, 0.15) is 28.5 Å². The Morgan fingerprint density at radius 2 is 1.71 bits per heavy atom. The van der Waals surface area contributed by atoms with Crippen molar-refractivity contribution >= 4 is 28.3 Å². The van der Waals surface area contributed by atoms with Crippen LogP contribution < -0.4 is 5.32 Å². The van der Waals surface area contributed by atoms with Gasteiger partial charge in [0.1, 0.15) is 0 Å². The summed E-state index contributed by atoms with van der Waals surface area (Å²) in [7, 11) is 0. The Labute approximate surface area is 169 Å². The van der Waals surface area contributed by atoms with Gasteiger partial charge in [-0.05, 0) is 31.0 Å². The Morgan fingerprint density at radius 1 is 1.04 bits per heavy atom. The summed E-state index contributed by atoms with van der Waals surface area (Å²) >= 11 is 1.33. The Bertz CT molecular complexity index is 910. The van der Waals surface area contributed by atoms with Crippen LogP contribution in [0.3, 0.4) is 0 Å². The zero-order valence-corrected chi connectivity index (χ0v) is 16.6. The summed E-state index contributed by atoms with van der Waals surface area (Å²) in [6.45, 7) is 3.32. The second-order valence-electron chi connectivity index (χ2n) is 6.35. The number of aromatic nitrogens is 1. The maximum atomic E-state index is 12.6. The van der Waals surface area contributed by atoms with Crippen LogP contribution in [-0.2, 0) is 17.6 Å². The van der Waals surface area contributed by atoms with E-state index < -0.39 is 0 Å². The Hall–Kier alpha value is -2.99. The van der Waals surface area contributed by atoms with Gasteiger partial charge >= 0.3 is 0 Å². The van der Waals surface area contributed by atoms with Gasteiger partial charge in [0.15, 0.2) is 5.13 Å². The van der Waals surface area contributed by atoms with Gasteiger partial charge in [-0.15, -0.1) is 11.3 Å². The van der Waals surface area contributed by atoms with Gasteiger partial charge in [-0.1, -0.05) is 48.5 Å². The van der Waals surface area contributed by atoms with Gasteiger partial charge in [-0.25, -0.2) is 4.98 Å². The minimum atomic E-state index is -0.203. The van der Waals surface area contributed by atoms with Crippen molar-refractivity contribution in [1.82, 2.24) is 9.88 Å². The number of carbonyl (C=O) groups excluding carboxylic acids is 2. The standard InChI is InChI=1S/C22H23N3O2S/c1-2-25(14-13-17-9-5-3-6-10-17)20(26)15-19-16-28-22(23-19)24-21(27)18-11-7-4-8-12-18/h3-12,16H,2,13-15H2,1H3,(H,23,24,27). The largest absolute Gasteiger partial charge is 0.342 e. The van der Waals surface area contributed by atoms with Crippen LogP contribution >= 0.6 is 11.3 Å². The molecule has 2 aromatic carbocycles. The third-order valence-corrected chi connectivity index (χ3v) is 5.19. The molecule has 0 saturated carbocycles. The lowest BCUT2D eigenvalue weighted by atomic mass is 10.1. The highest BCUT2D eigenvalue weighted by Gasteiger charge is 2.15. The number of thiazole rings is 1. The fraction of sp³-hybridized carbons (Fsp3) is 0.227. The highest BCUT2D eigenvalue weighted by atomic mass is 32.1. The number of anilines is 1. The molecule has 0 spiro atoms. The number of rotatable bonds is 8. The molecule has 0 saturated heterocycles. The van der Waals surface area contributed by atoms with Crippen LogP contribution in [-0.4, -0.2) is 34.8 Å². The highest BCUT2D eigenvalue weighted by molar-refractivity contribution is 7.14. The van der Waals surface area contributed by atoms with Gasteiger partial charge in [-0.2, -0.15) is 0 Å². The van der Waals surface area contributed by atoms with Crippen molar-refractivity contribution in [2.24, 2.45) is 0 Å². The van der Waals surface area contributed by atoms with Crippen molar-refractivity contribution < 1.29 is 9.59 Å². The lowest BCUT2D eigenvalue weighted by Crippen LogP contribution is -2.34. The molecule has 0 aliphatic carbocycles. The van der Waals surface area contributed by atoms with Crippen molar-refractivity contribution in [3.8, 4) is 0 Å². The van der Waals surface area contributed by atoms with Crippen LogP contribution in [0.15, 0.2) is 66.0 Å². The summed E-state index contributed by atoms with van der Waals surface area (Å²) in [4.78, 5) is 31.1.